The van der Waals surface area contributed by atoms with Gasteiger partial charge in [-0.1, -0.05) is 0 Å². The van der Waals surface area contributed by atoms with Crippen LogP contribution in [0.5, 0.6) is 0 Å². The van der Waals surface area contributed by atoms with Crippen LogP contribution in [0.15, 0.2) is 0 Å². The van der Waals surface area contributed by atoms with E-state index < -0.39 is 11.9 Å². The summed E-state index contributed by atoms with van der Waals surface area (Å²) in [5.41, 5.74) is 0. The van der Waals surface area contributed by atoms with Crippen LogP contribution in [0.25, 0.3) is 0 Å². The van der Waals surface area contributed by atoms with Crippen molar-refractivity contribution in [2.75, 3.05) is 0 Å². The second kappa shape index (κ2) is 11.1. The summed E-state index contributed by atoms with van der Waals surface area (Å²) >= 11 is 1.42. The van der Waals surface area contributed by atoms with Crippen LogP contribution in [-0.2, 0) is 9.59 Å². The quantitative estimate of drug-likeness (QED) is 0.737. The van der Waals surface area contributed by atoms with E-state index in [4.69, 9.17) is 10.2 Å². The first kappa shape index (κ1) is 16.9. The van der Waals surface area contributed by atoms with Gasteiger partial charge in [0.15, 0.2) is 0 Å². The average Bonchev–Trinajstić information content (AvgIpc) is 2.29. The number of hydrogen-bond donors (Lipinski definition) is 2. The Morgan fingerprint density at radius 1 is 1.00 bits per heavy atom. The molecule has 0 heterocycles. The van der Waals surface area contributed by atoms with Crippen molar-refractivity contribution >= 4 is 39.9 Å². The monoisotopic (exact) mass is 252 g/mol. The Bertz CT molecular complexity index is 208. The molecule has 0 aromatic rings. The first-order valence-corrected chi connectivity index (χ1v) is 7.91. The van der Waals surface area contributed by atoms with Gasteiger partial charge in [-0.05, 0) is 0 Å². The Morgan fingerprint density at radius 2 is 1.47 bits per heavy atom. The molecule has 5 heteroatoms. The van der Waals surface area contributed by atoms with Crippen molar-refractivity contribution in [1.29, 1.82) is 0 Å². The van der Waals surface area contributed by atoms with Crippen LogP contribution in [0.2, 0.25) is 3.67 Å². The number of carboxylic acid groups (broad SMARTS) is 2. The molecule has 4 nitrogen and oxygen atoms in total. The first-order valence-electron chi connectivity index (χ1n) is 6.49. The fourth-order valence-electron chi connectivity index (χ4n) is 2.10. The Labute approximate surface area is 120 Å². The van der Waals surface area contributed by atoms with Crippen molar-refractivity contribution in [3.05, 3.63) is 0 Å². The van der Waals surface area contributed by atoms with Crippen molar-refractivity contribution in [1.82, 2.24) is 0 Å². The Kier molecular flexibility index (Phi) is 11.0. The van der Waals surface area contributed by atoms with Gasteiger partial charge in [-0.2, -0.15) is 0 Å². The molecule has 0 radical (unpaired) electrons. The van der Waals surface area contributed by atoms with Crippen molar-refractivity contribution in [2.24, 2.45) is 5.92 Å². The molecule has 0 unspecified atom stereocenters. The third-order valence-electron chi connectivity index (χ3n) is 2.97. The third kappa shape index (κ3) is 12.2. The van der Waals surface area contributed by atoms with Gasteiger partial charge in [0.2, 0.25) is 0 Å². The van der Waals surface area contributed by atoms with Gasteiger partial charge in [-0.3, -0.25) is 9.59 Å². The normalized spacial score (nSPS) is 15.9. The van der Waals surface area contributed by atoms with Crippen molar-refractivity contribution < 1.29 is 19.8 Å². The SMILES string of the molecule is O=C(O)CCC(=O)O.[Na][CH2]CC1CCCCC1. The van der Waals surface area contributed by atoms with E-state index in [0.717, 1.165) is 5.92 Å². The zero-order chi connectivity index (χ0) is 13.1. The van der Waals surface area contributed by atoms with E-state index in [0.29, 0.717) is 0 Å². The molecule has 1 saturated carbocycles. The number of aliphatic carboxylic acids is 2. The molecule has 0 aliphatic heterocycles. The summed E-state index contributed by atoms with van der Waals surface area (Å²) in [5, 5.41) is 15.8. The molecule has 2 N–H and O–H groups in total. The summed E-state index contributed by atoms with van der Waals surface area (Å²) in [5.74, 6) is -1.02. The molecule has 1 rings (SSSR count). The van der Waals surface area contributed by atoms with E-state index in [1.807, 2.05) is 0 Å². The first-order chi connectivity index (χ1) is 8.06. The summed E-state index contributed by atoms with van der Waals surface area (Å²) in [4.78, 5) is 19.3. The molecule has 0 saturated heterocycles. The molecular formula is C12H21NaO4. The van der Waals surface area contributed by atoms with Gasteiger partial charge < -0.3 is 10.2 Å². The Balaban J connectivity index is 0.000000304. The molecule has 0 spiro atoms. The zero-order valence-corrected chi connectivity index (χ0v) is 12.7. The molecule has 17 heavy (non-hydrogen) atoms. The van der Waals surface area contributed by atoms with Gasteiger partial charge in [0.25, 0.3) is 0 Å². The summed E-state index contributed by atoms with van der Waals surface area (Å²) in [6.45, 7) is 0. The Morgan fingerprint density at radius 3 is 1.82 bits per heavy atom. The maximum atomic E-state index is 9.64. The molecule has 0 aromatic carbocycles. The van der Waals surface area contributed by atoms with E-state index in [1.54, 1.807) is 19.3 Å². The van der Waals surface area contributed by atoms with Crippen LogP contribution in [0.1, 0.15) is 51.4 Å². The summed E-state index contributed by atoms with van der Waals surface area (Å²) in [6.07, 6.45) is 8.59. The van der Waals surface area contributed by atoms with Gasteiger partial charge in [-0.25, -0.2) is 0 Å². The standard InChI is InChI=1S/C8H15.C4H6O4.Na/c1-2-8-6-4-3-5-7-8;5-3(6)1-2-4(7)8;/h8H,1-7H2;1-2H2,(H,5,6)(H,7,8);. The number of carboxylic acids is 2. The number of hydrogen-bond acceptors (Lipinski definition) is 2. The van der Waals surface area contributed by atoms with Crippen LogP contribution in [0.4, 0.5) is 0 Å². The van der Waals surface area contributed by atoms with Gasteiger partial charge in [0.1, 0.15) is 0 Å². The molecule has 0 atom stereocenters. The Hall–Kier alpha value is -0.0600. The summed E-state index contributed by atoms with van der Waals surface area (Å²) < 4.78 is 1.53. The fourth-order valence-corrected chi connectivity index (χ4v) is 2.91. The van der Waals surface area contributed by atoms with E-state index in [9.17, 15) is 9.59 Å². The molecule has 1 fully saturated rings. The van der Waals surface area contributed by atoms with Crippen LogP contribution >= 0.6 is 0 Å². The number of rotatable bonds is 5. The molecular weight excluding hydrogens is 231 g/mol. The van der Waals surface area contributed by atoms with Crippen molar-refractivity contribution in [3.63, 3.8) is 0 Å². The molecule has 1 aliphatic carbocycles. The van der Waals surface area contributed by atoms with Crippen molar-refractivity contribution in [3.8, 4) is 0 Å². The molecule has 1 aliphatic rings. The van der Waals surface area contributed by atoms with E-state index in [1.165, 1.54) is 50.9 Å². The van der Waals surface area contributed by atoms with Crippen LogP contribution in [-0.4, -0.2) is 50.1 Å². The molecule has 0 aromatic heterocycles. The third-order valence-corrected chi connectivity index (χ3v) is 3.55. The zero-order valence-electron chi connectivity index (χ0n) is 10.7. The van der Waals surface area contributed by atoms with Gasteiger partial charge >= 0.3 is 88.0 Å². The molecule has 94 valence electrons. The van der Waals surface area contributed by atoms with Crippen LogP contribution in [0, 0.1) is 5.92 Å². The summed E-state index contributed by atoms with van der Waals surface area (Å²) in [6, 6.07) is 0. The minimum atomic E-state index is -1.08. The average molecular weight is 252 g/mol. The van der Waals surface area contributed by atoms with Gasteiger partial charge in [0.05, 0.1) is 12.8 Å². The van der Waals surface area contributed by atoms with Crippen LogP contribution in [0.3, 0.4) is 0 Å². The number of carbonyl (C=O) groups is 2. The topological polar surface area (TPSA) is 74.6 Å². The summed E-state index contributed by atoms with van der Waals surface area (Å²) in [7, 11) is 0. The minimum absolute atomic E-state index is 0.296. The van der Waals surface area contributed by atoms with E-state index in [2.05, 4.69) is 0 Å². The van der Waals surface area contributed by atoms with Crippen LogP contribution < -0.4 is 0 Å². The van der Waals surface area contributed by atoms with E-state index >= 15 is 0 Å². The second-order valence-corrected chi connectivity index (χ2v) is 5.58. The van der Waals surface area contributed by atoms with Gasteiger partial charge in [0, 0.05) is 0 Å². The predicted molar refractivity (Wildman–Crippen MR) is 66.3 cm³/mol. The van der Waals surface area contributed by atoms with E-state index in [-0.39, 0.29) is 12.8 Å². The predicted octanol–water partition coefficient (Wildman–Crippen LogP) is 2.48. The van der Waals surface area contributed by atoms with Crippen molar-refractivity contribution in [2.45, 2.75) is 55.0 Å². The molecule has 0 bridgehead atoms. The van der Waals surface area contributed by atoms with Gasteiger partial charge in [-0.15, -0.1) is 0 Å². The maximum absolute atomic E-state index is 9.64. The fraction of sp³-hybridized carbons (Fsp3) is 0.833. The second-order valence-electron chi connectivity index (χ2n) is 4.58. The molecule has 0 amide bonds.